The summed E-state index contributed by atoms with van der Waals surface area (Å²) < 4.78 is 27.9. The average molecular weight is 484 g/mol. The average Bonchev–Trinajstić information content (AvgIpc) is 3.40. The number of rotatable bonds is 5. The van der Waals surface area contributed by atoms with Gasteiger partial charge in [0.2, 0.25) is 15.9 Å². The van der Waals surface area contributed by atoms with Crippen LogP contribution in [0.2, 0.25) is 5.02 Å². The minimum absolute atomic E-state index is 0.168. The Morgan fingerprint density at radius 1 is 1.03 bits per heavy atom. The van der Waals surface area contributed by atoms with E-state index in [1.165, 1.54) is 22.5 Å². The van der Waals surface area contributed by atoms with Crippen molar-refractivity contribution in [2.45, 2.75) is 36.2 Å². The fraction of sp³-hybridized carbons (Fsp3) is 0.320. The van der Waals surface area contributed by atoms with Crippen LogP contribution >= 0.6 is 11.6 Å². The molecular weight excluding hydrogens is 458 g/mol. The lowest BCUT2D eigenvalue weighted by atomic mass is 10.1. The Balaban J connectivity index is 1.39. The zero-order valence-electron chi connectivity index (χ0n) is 18.6. The van der Waals surface area contributed by atoms with Gasteiger partial charge in [-0.3, -0.25) is 4.79 Å². The molecule has 1 fully saturated rings. The van der Waals surface area contributed by atoms with Gasteiger partial charge >= 0.3 is 0 Å². The van der Waals surface area contributed by atoms with Crippen LogP contribution in [0.1, 0.15) is 30.0 Å². The van der Waals surface area contributed by atoms with Crippen LogP contribution in [0.4, 0.5) is 5.69 Å². The van der Waals surface area contributed by atoms with Gasteiger partial charge in [0.05, 0.1) is 4.90 Å². The van der Waals surface area contributed by atoms with Gasteiger partial charge in [-0.25, -0.2) is 8.42 Å². The number of halogens is 1. The number of nitrogens with one attached hydrogen (secondary N) is 1. The normalized spacial score (nSPS) is 20.7. The maximum absolute atomic E-state index is 13.4. The monoisotopic (exact) mass is 483 g/mol. The highest BCUT2D eigenvalue weighted by Crippen LogP contribution is 2.35. The first kappa shape index (κ1) is 22.3. The van der Waals surface area contributed by atoms with Crippen molar-refractivity contribution in [1.82, 2.24) is 9.62 Å². The topological polar surface area (TPSA) is 69.7 Å². The van der Waals surface area contributed by atoms with Gasteiger partial charge in [-0.05, 0) is 84.6 Å². The molecule has 1 heterocycles. The van der Waals surface area contributed by atoms with Crippen LogP contribution in [0.25, 0.3) is 10.8 Å². The number of fused-ring (bicyclic) bond motifs is 2. The molecule has 2 aliphatic rings. The molecule has 0 spiro atoms. The van der Waals surface area contributed by atoms with Crippen LogP contribution in [0, 0.1) is 0 Å². The number of nitrogens with zero attached hydrogens (tertiary/aromatic N) is 2. The van der Waals surface area contributed by atoms with Crippen LogP contribution in [-0.2, 0) is 21.2 Å². The van der Waals surface area contributed by atoms with Gasteiger partial charge in [0.15, 0.2) is 0 Å². The quantitative estimate of drug-likeness (QED) is 0.592. The van der Waals surface area contributed by atoms with Crippen molar-refractivity contribution in [1.29, 1.82) is 0 Å². The summed E-state index contributed by atoms with van der Waals surface area (Å²) in [4.78, 5) is 15.2. The van der Waals surface area contributed by atoms with Gasteiger partial charge in [0, 0.05) is 30.3 Å². The van der Waals surface area contributed by atoms with Gasteiger partial charge in [0.25, 0.3) is 0 Å². The third kappa shape index (κ3) is 3.83. The van der Waals surface area contributed by atoms with E-state index in [2.05, 4.69) is 17.4 Å². The summed E-state index contributed by atoms with van der Waals surface area (Å²) in [6.45, 7) is 0.494. The Bertz CT molecular complexity index is 1360. The van der Waals surface area contributed by atoms with E-state index in [0.29, 0.717) is 24.0 Å². The summed E-state index contributed by atoms with van der Waals surface area (Å²) >= 11 is 6.04. The number of amides is 1. The molecule has 33 heavy (non-hydrogen) atoms. The molecule has 1 N–H and O–H groups in total. The largest absolute Gasteiger partial charge is 0.313 e. The Labute approximate surface area is 199 Å². The number of benzene rings is 3. The molecule has 8 heteroatoms. The molecule has 1 saturated heterocycles. The summed E-state index contributed by atoms with van der Waals surface area (Å²) in [5.41, 5.74) is 3.37. The maximum Gasteiger partial charge on any atom is 0.245 e. The van der Waals surface area contributed by atoms with E-state index in [0.717, 1.165) is 29.3 Å². The number of aryl methyl sites for hydroxylation is 1. The number of carbonyl (C=O) groups is 1. The standard InChI is InChI=1S/C25H26ClN3O3S/c1-27-23-10-5-18-14-20(7-9-22(18)23)29-12-11-24(25(29)30)28(2)33(31,32)21-8-4-16-13-19(26)6-3-17(16)15-21/h3-4,6-9,13-15,23-24,27H,5,10-12H2,1-2H3/t23?,24-/m0/s1. The highest BCUT2D eigenvalue weighted by atomic mass is 35.5. The number of hydrogen-bond acceptors (Lipinski definition) is 4. The van der Waals surface area contributed by atoms with Crippen molar-refractivity contribution in [2.24, 2.45) is 0 Å². The molecular formula is C25H26ClN3O3S. The van der Waals surface area contributed by atoms with Crippen LogP contribution in [0.5, 0.6) is 0 Å². The fourth-order valence-electron chi connectivity index (χ4n) is 5.02. The van der Waals surface area contributed by atoms with Gasteiger partial charge in [-0.1, -0.05) is 29.8 Å². The van der Waals surface area contributed by atoms with Crippen molar-refractivity contribution in [2.75, 3.05) is 25.5 Å². The van der Waals surface area contributed by atoms with E-state index in [1.54, 1.807) is 41.3 Å². The molecule has 0 bridgehead atoms. The molecule has 6 nitrogen and oxygen atoms in total. The summed E-state index contributed by atoms with van der Waals surface area (Å²) in [5.74, 6) is -0.184. The first-order valence-corrected chi connectivity index (χ1v) is 12.9. The Morgan fingerprint density at radius 3 is 2.58 bits per heavy atom. The minimum Gasteiger partial charge on any atom is -0.313 e. The van der Waals surface area contributed by atoms with Gasteiger partial charge in [-0.2, -0.15) is 4.31 Å². The Morgan fingerprint density at radius 2 is 1.79 bits per heavy atom. The van der Waals surface area contributed by atoms with Gasteiger partial charge in [-0.15, -0.1) is 0 Å². The smallest absolute Gasteiger partial charge is 0.245 e. The summed E-state index contributed by atoms with van der Waals surface area (Å²) in [5, 5.41) is 5.57. The Hall–Kier alpha value is -2.45. The van der Waals surface area contributed by atoms with Crippen molar-refractivity contribution in [3.05, 3.63) is 70.7 Å². The number of likely N-dealkylation sites (N-methyl/N-ethyl adjacent to an activating group) is 1. The highest BCUT2D eigenvalue weighted by molar-refractivity contribution is 7.89. The first-order chi connectivity index (χ1) is 15.8. The lowest BCUT2D eigenvalue weighted by Gasteiger charge is -2.24. The molecule has 3 aromatic rings. The van der Waals surface area contributed by atoms with E-state index < -0.39 is 16.1 Å². The summed E-state index contributed by atoms with van der Waals surface area (Å²) in [6.07, 6.45) is 2.47. The van der Waals surface area contributed by atoms with Crippen molar-refractivity contribution >= 4 is 44.0 Å². The minimum atomic E-state index is -3.84. The predicted octanol–water partition coefficient (Wildman–Crippen LogP) is 4.13. The van der Waals surface area contributed by atoms with Crippen LogP contribution < -0.4 is 10.2 Å². The van der Waals surface area contributed by atoms with E-state index in [4.69, 9.17) is 11.6 Å². The molecule has 1 aliphatic carbocycles. The molecule has 1 unspecified atom stereocenters. The third-order valence-corrected chi connectivity index (χ3v) is 9.03. The second-order valence-corrected chi connectivity index (χ2v) is 11.2. The van der Waals surface area contributed by atoms with E-state index in [-0.39, 0.29) is 10.8 Å². The number of sulfonamides is 1. The first-order valence-electron chi connectivity index (χ1n) is 11.1. The zero-order valence-corrected chi connectivity index (χ0v) is 20.2. The third-order valence-electron chi connectivity index (χ3n) is 6.93. The maximum atomic E-state index is 13.4. The lowest BCUT2D eigenvalue weighted by molar-refractivity contribution is -0.120. The molecule has 1 aliphatic heterocycles. The van der Waals surface area contributed by atoms with Gasteiger partial charge < -0.3 is 10.2 Å². The molecule has 5 rings (SSSR count). The molecule has 0 aromatic heterocycles. The fourth-order valence-corrected chi connectivity index (χ4v) is 6.58. The highest BCUT2D eigenvalue weighted by Gasteiger charge is 2.40. The SMILES string of the molecule is CNC1CCc2cc(N3CC[C@H](N(C)S(=O)(=O)c4ccc5cc(Cl)ccc5c4)C3=O)ccc21. The van der Waals surface area contributed by atoms with E-state index >= 15 is 0 Å². The number of hydrogen-bond donors (Lipinski definition) is 1. The van der Waals surface area contributed by atoms with Crippen molar-refractivity contribution in [3.63, 3.8) is 0 Å². The molecule has 172 valence electrons. The van der Waals surface area contributed by atoms with E-state index in [1.807, 2.05) is 13.1 Å². The second-order valence-electron chi connectivity index (χ2n) is 8.73. The summed E-state index contributed by atoms with van der Waals surface area (Å²) in [6, 6.07) is 16.0. The molecule has 2 atom stereocenters. The van der Waals surface area contributed by atoms with Crippen molar-refractivity contribution < 1.29 is 13.2 Å². The number of carbonyl (C=O) groups excluding carboxylic acids is 1. The van der Waals surface area contributed by atoms with Crippen LogP contribution in [0.15, 0.2) is 59.5 Å². The lowest BCUT2D eigenvalue weighted by Crippen LogP contribution is -2.42. The molecule has 1 amide bonds. The van der Waals surface area contributed by atoms with Crippen LogP contribution in [0.3, 0.4) is 0 Å². The zero-order chi connectivity index (χ0) is 23.3. The van der Waals surface area contributed by atoms with Gasteiger partial charge in [0.1, 0.15) is 6.04 Å². The van der Waals surface area contributed by atoms with Crippen LogP contribution in [-0.4, -0.2) is 45.3 Å². The second kappa shape index (κ2) is 8.40. The van der Waals surface area contributed by atoms with E-state index in [9.17, 15) is 13.2 Å². The molecule has 0 saturated carbocycles. The summed E-state index contributed by atoms with van der Waals surface area (Å²) in [7, 11) is -0.383. The predicted molar refractivity (Wildman–Crippen MR) is 131 cm³/mol. The Kier molecular flexibility index (Phi) is 5.69. The molecule has 3 aromatic carbocycles. The number of anilines is 1. The van der Waals surface area contributed by atoms with Crippen molar-refractivity contribution in [3.8, 4) is 0 Å². The molecule has 0 radical (unpaired) electrons.